The summed E-state index contributed by atoms with van der Waals surface area (Å²) >= 11 is 0. The Kier molecular flexibility index (Phi) is 9.29. The average Bonchev–Trinajstić information content (AvgIpc) is 3.71. The van der Waals surface area contributed by atoms with Crippen LogP contribution in [0.5, 0.6) is 0 Å². The second-order valence-electron chi connectivity index (χ2n) is 18.7. The number of hydrogen-bond acceptors (Lipinski definition) is 0. The van der Waals surface area contributed by atoms with Crippen molar-refractivity contribution in [3.05, 3.63) is 222 Å². The monoisotopic (exact) mass is 833 g/mol. The van der Waals surface area contributed by atoms with Gasteiger partial charge in [0, 0.05) is 21.8 Å². The van der Waals surface area contributed by atoms with Crippen molar-refractivity contribution in [2.45, 2.75) is 63.8 Å². The minimum Gasteiger partial charge on any atom is -0.333 e. The van der Waals surface area contributed by atoms with Gasteiger partial charge in [-0.1, -0.05) is 164 Å². The summed E-state index contributed by atoms with van der Waals surface area (Å²) in [6, 6.07) is 66.9. The molecule has 9 aromatic carbocycles. The number of benzene rings is 9. The molecule has 10 aromatic rings. The average molecular weight is 834 g/mol. The first-order chi connectivity index (χ1) is 32.2. The number of aryl methyl sites for hydroxylation is 2. The topological polar surface area (TPSA) is 4.93 Å². The molecule has 1 heteroatoms. The maximum absolute atomic E-state index is 2.63. The van der Waals surface area contributed by atoms with E-state index >= 15 is 0 Å². The maximum atomic E-state index is 2.63. The molecule has 0 saturated carbocycles. The number of nitrogens with zero attached hydrogens (tertiary/aromatic N) is 1. The lowest BCUT2D eigenvalue weighted by Gasteiger charge is -2.22. The Bertz CT molecular complexity index is 3450. The zero-order valence-corrected chi connectivity index (χ0v) is 36.9. The van der Waals surface area contributed by atoms with Crippen molar-refractivity contribution < 1.29 is 0 Å². The van der Waals surface area contributed by atoms with Crippen LogP contribution in [0.3, 0.4) is 0 Å². The second-order valence-corrected chi connectivity index (χ2v) is 18.7. The van der Waals surface area contributed by atoms with E-state index in [0.29, 0.717) is 0 Å². The highest BCUT2D eigenvalue weighted by molar-refractivity contribution is 6.22. The van der Waals surface area contributed by atoms with Gasteiger partial charge in [-0.05, 0) is 188 Å². The molecular formula is C64H51N. The van der Waals surface area contributed by atoms with Crippen molar-refractivity contribution in [3.8, 4) is 44.5 Å². The lowest BCUT2D eigenvalue weighted by molar-refractivity contribution is 0.649. The van der Waals surface area contributed by atoms with Crippen molar-refractivity contribution in [3.63, 3.8) is 0 Å². The van der Waals surface area contributed by atoms with Gasteiger partial charge in [-0.3, -0.25) is 0 Å². The molecule has 3 aliphatic rings. The quantitative estimate of drug-likeness (QED) is 0.147. The summed E-state index contributed by atoms with van der Waals surface area (Å²) in [5.41, 5.74) is 21.9. The molecule has 1 heterocycles. The Morgan fingerprint density at radius 1 is 0.369 bits per heavy atom. The molecular weight excluding hydrogens is 783 g/mol. The Morgan fingerprint density at radius 3 is 1.42 bits per heavy atom. The van der Waals surface area contributed by atoms with Crippen LogP contribution in [0.25, 0.3) is 93.4 Å². The van der Waals surface area contributed by atoms with E-state index in [1.807, 2.05) is 0 Å². The fourth-order valence-corrected chi connectivity index (χ4v) is 12.1. The summed E-state index contributed by atoms with van der Waals surface area (Å²) in [7, 11) is 0. The SMILES string of the molecule is C1=CC(n2c3ccc(-c4cccc5c4CCCC5)cc3c3cc(-c4cccc5c4CCCC5)ccc32)CC=C1c1ccc2c(-c3ccccc3)c3ccccc3c(-c3ccccc3)c2c1. The molecule has 0 aliphatic heterocycles. The Labute approximate surface area is 382 Å². The van der Waals surface area contributed by atoms with E-state index in [9.17, 15) is 0 Å². The third-order valence-corrected chi connectivity index (χ3v) is 15.1. The van der Waals surface area contributed by atoms with Crippen LogP contribution in [0.1, 0.15) is 66.0 Å². The summed E-state index contributed by atoms with van der Waals surface area (Å²) in [4.78, 5) is 0. The van der Waals surface area contributed by atoms with Gasteiger partial charge >= 0.3 is 0 Å². The molecule has 13 rings (SSSR count). The van der Waals surface area contributed by atoms with Crippen LogP contribution in [0.2, 0.25) is 0 Å². The molecule has 0 spiro atoms. The first-order valence-electron chi connectivity index (χ1n) is 24.0. The third kappa shape index (κ3) is 6.43. The van der Waals surface area contributed by atoms with E-state index in [2.05, 4.69) is 199 Å². The van der Waals surface area contributed by atoms with Gasteiger partial charge in [-0.15, -0.1) is 0 Å². The normalized spacial score (nSPS) is 15.9. The van der Waals surface area contributed by atoms with E-state index < -0.39 is 0 Å². The molecule has 0 fully saturated rings. The van der Waals surface area contributed by atoms with Gasteiger partial charge in [-0.2, -0.15) is 0 Å². The third-order valence-electron chi connectivity index (χ3n) is 15.1. The van der Waals surface area contributed by atoms with E-state index in [-0.39, 0.29) is 6.04 Å². The van der Waals surface area contributed by atoms with Gasteiger partial charge < -0.3 is 4.57 Å². The van der Waals surface area contributed by atoms with Gasteiger partial charge in [-0.25, -0.2) is 0 Å². The molecule has 1 aromatic heterocycles. The second kappa shape index (κ2) is 15.8. The summed E-state index contributed by atoms with van der Waals surface area (Å²) in [5, 5.41) is 7.85. The highest BCUT2D eigenvalue weighted by Crippen LogP contribution is 2.46. The predicted octanol–water partition coefficient (Wildman–Crippen LogP) is 17.1. The highest BCUT2D eigenvalue weighted by atomic mass is 15.0. The molecule has 0 N–H and O–H groups in total. The zero-order valence-electron chi connectivity index (χ0n) is 36.9. The predicted molar refractivity (Wildman–Crippen MR) is 277 cm³/mol. The number of fused-ring (bicyclic) bond motifs is 7. The molecule has 1 atom stereocenters. The Morgan fingerprint density at radius 2 is 0.862 bits per heavy atom. The van der Waals surface area contributed by atoms with E-state index in [1.165, 1.54) is 161 Å². The van der Waals surface area contributed by atoms with Gasteiger partial charge in [0.05, 0.1) is 6.04 Å². The summed E-state index contributed by atoms with van der Waals surface area (Å²) in [6.45, 7) is 0. The van der Waals surface area contributed by atoms with Crippen LogP contribution < -0.4 is 0 Å². The smallest absolute Gasteiger partial charge is 0.0560 e. The van der Waals surface area contributed by atoms with Crippen LogP contribution in [0.4, 0.5) is 0 Å². The molecule has 1 unspecified atom stereocenters. The summed E-state index contributed by atoms with van der Waals surface area (Å²) < 4.78 is 2.63. The molecule has 1 nitrogen and oxygen atoms in total. The largest absolute Gasteiger partial charge is 0.333 e. The molecule has 0 saturated heterocycles. The minimum absolute atomic E-state index is 0.193. The fraction of sp³-hybridized carbons (Fsp3) is 0.156. The van der Waals surface area contributed by atoms with Crippen molar-refractivity contribution in [2.75, 3.05) is 0 Å². The molecule has 312 valence electrons. The minimum atomic E-state index is 0.193. The van der Waals surface area contributed by atoms with E-state index in [4.69, 9.17) is 0 Å². The highest BCUT2D eigenvalue weighted by Gasteiger charge is 2.23. The molecule has 0 radical (unpaired) electrons. The fourth-order valence-electron chi connectivity index (χ4n) is 12.1. The number of hydrogen-bond donors (Lipinski definition) is 0. The maximum Gasteiger partial charge on any atom is 0.0560 e. The van der Waals surface area contributed by atoms with Gasteiger partial charge in [0.15, 0.2) is 0 Å². The molecule has 3 aliphatic carbocycles. The van der Waals surface area contributed by atoms with Crippen molar-refractivity contribution in [1.29, 1.82) is 0 Å². The first kappa shape index (κ1) is 38.3. The van der Waals surface area contributed by atoms with Crippen LogP contribution in [0.15, 0.2) is 194 Å². The van der Waals surface area contributed by atoms with Crippen molar-refractivity contribution >= 4 is 48.9 Å². The standard InChI is InChI=1S/C64H51N/c1-3-17-45(18-4-1)63-55-25-11-12-26-56(55)64(46-19-5-2-6-20-46)60-39-47(31-36-57(60)63)42-29-34-50(35-30-42)65-61-37-32-48(53-27-13-21-43-15-7-9-23-51(43)53)40-58(61)59-41-49(33-38-62(59)65)54-28-14-22-44-16-8-10-24-52(44)54/h1-6,11-14,17-22,25-34,36-41,50H,7-10,15-16,23-24,35H2. The number of allylic oxidation sites excluding steroid dienone is 4. The van der Waals surface area contributed by atoms with E-state index in [0.717, 1.165) is 6.42 Å². The van der Waals surface area contributed by atoms with Gasteiger partial charge in [0.25, 0.3) is 0 Å². The van der Waals surface area contributed by atoms with Gasteiger partial charge in [0.1, 0.15) is 0 Å². The molecule has 0 bridgehead atoms. The van der Waals surface area contributed by atoms with Crippen LogP contribution >= 0.6 is 0 Å². The molecule has 0 amide bonds. The summed E-state index contributed by atoms with van der Waals surface area (Å²) in [5.74, 6) is 0. The van der Waals surface area contributed by atoms with Crippen LogP contribution in [-0.2, 0) is 25.7 Å². The van der Waals surface area contributed by atoms with Gasteiger partial charge in [0.2, 0.25) is 0 Å². The van der Waals surface area contributed by atoms with Crippen LogP contribution in [0, 0.1) is 0 Å². The first-order valence-corrected chi connectivity index (χ1v) is 24.0. The van der Waals surface area contributed by atoms with Crippen molar-refractivity contribution in [1.82, 2.24) is 4.57 Å². The number of aromatic nitrogens is 1. The Hall–Kier alpha value is -7.22. The summed E-state index contributed by atoms with van der Waals surface area (Å²) in [6.07, 6.45) is 18.1. The lowest BCUT2D eigenvalue weighted by Crippen LogP contribution is -2.08. The van der Waals surface area contributed by atoms with E-state index in [1.54, 1.807) is 11.1 Å². The lowest BCUT2D eigenvalue weighted by atomic mass is 9.84. The Balaban J connectivity index is 0.939. The van der Waals surface area contributed by atoms with Crippen LogP contribution in [-0.4, -0.2) is 4.57 Å². The number of rotatable bonds is 6. The molecule has 65 heavy (non-hydrogen) atoms. The zero-order chi connectivity index (χ0) is 42.8. The van der Waals surface area contributed by atoms with Crippen molar-refractivity contribution in [2.24, 2.45) is 0 Å².